The molecule has 2 rings (SSSR count). The predicted molar refractivity (Wildman–Crippen MR) is 78.1 cm³/mol. The van der Waals surface area contributed by atoms with Crippen molar-refractivity contribution < 1.29 is 0 Å². The Balaban J connectivity index is 1.73. The molecular weight excluding hydrogens is 222 g/mol. The first-order valence-electron chi connectivity index (χ1n) is 7.05. The molecule has 1 fully saturated rings. The summed E-state index contributed by atoms with van der Waals surface area (Å²) >= 11 is 0. The number of rotatable bonds is 5. The molecule has 3 heteroatoms. The van der Waals surface area contributed by atoms with Crippen molar-refractivity contribution in [1.82, 2.24) is 9.80 Å². The zero-order chi connectivity index (χ0) is 12.8. The fraction of sp³-hybridized carbons (Fsp3) is 0.600. The number of piperazine rings is 1. The Bertz CT molecular complexity index is 331. The zero-order valence-electron chi connectivity index (χ0n) is 11.6. The first kappa shape index (κ1) is 13.4. The molecule has 100 valence electrons. The first-order valence-corrected chi connectivity index (χ1v) is 7.05. The van der Waals surface area contributed by atoms with Crippen LogP contribution < -0.4 is 5.32 Å². The quantitative estimate of drug-likeness (QED) is 0.860. The topological polar surface area (TPSA) is 18.5 Å². The Morgan fingerprint density at radius 1 is 1.11 bits per heavy atom. The molecular formula is C15H25N3. The molecule has 1 atom stereocenters. The standard InChI is InChI=1S/C15H25N3/c1-3-17-9-11-18(12-10-17)14(2)13-16-15-7-5-4-6-8-15/h4-8,14,16H,3,9-13H2,1-2H3. The highest BCUT2D eigenvalue weighted by Crippen LogP contribution is 2.09. The van der Waals surface area contributed by atoms with Gasteiger partial charge in [-0.25, -0.2) is 0 Å². The third kappa shape index (κ3) is 3.72. The van der Waals surface area contributed by atoms with Crippen LogP contribution in [0.3, 0.4) is 0 Å². The number of nitrogens with one attached hydrogen (secondary N) is 1. The van der Waals surface area contributed by atoms with E-state index in [4.69, 9.17) is 0 Å². The van der Waals surface area contributed by atoms with Crippen molar-refractivity contribution in [3.05, 3.63) is 30.3 Å². The minimum absolute atomic E-state index is 0.601. The fourth-order valence-corrected chi connectivity index (χ4v) is 2.47. The van der Waals surface area contributed by atoms with Gasteiger partial charge in [-0.05, 0) is 25.6 Å². The highest BCUT2D eigenvalue weighted by atomic mass is 15.3. The van der Waals surface area contributed by atoms with Gasteiger partial charge in [0, 0.05) is 44.5 Å². The van der Waals surface area contributed by atoms with E-state index >= 15 is 0 Å². The average molecular weight is 247 g/mol. The number of likely N-dealkylation sites (N-methyl/N-ethyl adjacent to an activating group) is 1. The van der Waals surface area contributed by atoms with Gasteiger partial charge in [-0.2, -0.15) is 0 Å². The summed E-state index contributed by atoms with van der Waals surface area (Å²) in [6.07, 6.45) is 0. The molecule has 3 nitrogen and oxygen atoms in total. The lowest BCUT2D eigenvalue weighted by Crippen LogP contribution is -2.50. The second-order valence-corrected chi connectivity index (χ2v) is 5.07. The second kappa shape index (κ2) is 6.76. The van der Waals surface area contributed by atoms with Crippen molar-refractivity contribution in [3.63, 3.8) is 0 Å². The van der Waals surface area contributed by atoms with Gasteiger partial charge in [-0.15, -0.1) is 0 Å². The van der Waals surface area contributed by atoms with Crippen LogP contribution in [0, 0.1) is 0 Å². The van der Waals surface area contributed by atoms with E-state index in [1.54, 1.807) is 0 Å². The number of benzene rings is 1. The summed E-state index contributed by atoms with van der Waals surface area (Å²) in [6, 6.07) is 11.1. The molecule has 0 saturated carbocycles. The third-order valence-electron chi connectivity index (χ3n) is 3.85. The molecule has 0 radical (unpaired) electrons. The molecule has 1 aromatic rings. The molecule has 1 N–H and O–H groups in total. The lowest BCUT2D eigenvalue weighted by Gasteiger charge is -2.37. The van der Waals surface area contributed by atoms with Gasteiger partial charge in [-0.1, -0.05) is 25.1 Å². The predicted octanol–water partition coefficient (Wildman–Crippen LogP) is 2.12. The van der Waals surface area contributed by atoms with Crippen molar-refractivity contribution in [3.8, 4) is 0 Å². The van der Waals surface area contributed by atoms with Crippen LogP contribution >= 0.6 is 0 Å². The highest BCUT2D eigenvalue weighted by molar-refractivity contribution is 5.42. The summed E-state index contributed by atoms with van der Waals surface area (Å²) in [4.78, 5) is 5.11. The molecule has 1 unspecified atom stereocenters. The Hall–Kier alpha value is -1.06. The van der Waals surface area contributed by atoms with Crippen LogP contribution in [0.4, 0.5) is 5.69 Å². The minimum atomic E-state index is 0.601. The number of anilines is 1. The van der Waals surface area contributed by atoms with Crippen molar-refractivity contribution >= 4 is 5.69 Å². The smallest absolute Gasteiger partial charge is 0.0340 e. The second-order valence-electron chi connectivity index (χ2n) is 5.07. The van der Waals surface area contributed by atoms with E-state index in [0.29, 0.717) is 6.04 Å². The number of para-hydroxylation sites is 1. The van der Waals surface area contributed by atoms with Crippen LogP contribution in [0.25, 0.3) is 0 Å². The lowest BCUT2D eigenvalue weighted by molar-refractivity contribution is 0.110. The van der Waals surface area contributed by atoms with Crippen molar-refractivity contribution in [2.45, 2.75) is 19.9 Å². The van der Waals surface area contributed by atoms with E-state index in [1.165, 1.54) is 38.4 Å². The normalized spacial score (nSPS) is 19.7. The van der Waals surface area contributed by atoms with Gasteiger partial charge in [0.25, 0.3) is 0 Å². The molecule has 1 aliphatic rings. The molecule has 1 aliphatic heterocycles. The Morgan fingerprint density at radius 2 is 1.78 bits per heavy atom. The van der Waals surface area contributed by atoms with Gasteiger partial charge in [0.1, 0.15) is 0 Å². The highest BCUT2D eigenvalue weighted by Gasteiger charge is 2.19. The van der Waals surface area contributed by atoms with Gasteiger partial charge in [0.05, 0.1) is 0 Å². The summed E-state index contributed by atoms with van der Waals surface area (Å²) in [6.45, 7) is 11.6. The zero-order valence-corrected chi connectivity index (χ0v) is 11.6. The van der Waals surface area contributed by atoms with Gasteiger partial charge < -0.3 is 10.2 Å². The van der Waals surface area contributed by atoms with E-state index in [1.807, 2.05) is 0 Å². The van der Waals surface area contributed by atoms with Crippen molar-refractivity contribution in [2.75, 3.05) is 44.6 Å². The van der Waals surface area contributed by atoms with E-state index in [2.05, 4.69) is 59.3 Å². The van der Waals surface area contributed by atoms with Gasteiger partial charge >= 0.3 is 0 Å². The van der Waals surface area contributed by atoms with Crippen molar-refractivity contribution in [1.29, 1.82) is 0 Å². The Labute approximate surface area is 111 Å². The van der Waals surface area contributed by atoms with Crippen LogP contribution in [-0.4, -0.2) is 55.1 Å². The summed E-state index contributed by atoms with van der Waals surface area (Å²) in [5.74, 6) is 0. The third-order valence-corrected chi connectivity index (χ3v) is 3.85. The Morgan fingerprint density at radius 3 is 2.39 bits per heavy atom. The van der Waals surface area contributed by atoms with Crippen LogP contribution in [0.15, 0.2) is 30.3 Å². The molecule has 0 aromatic heterocycles. The molecule has 0 spiro atoms. The van der Waals surface area contributed by atoms with Crippen LogP contribution in [0.1, 0.15) is 13.8 Å². The van der Waals surface area contributed by atoms with Crippen molar-refractivity contribution in [2.24, 2.45) is 0 Å². The van der Waals surface area contributed by atoms with E-state index < -0.39 is 0 Å². The monoisotopic (exact) mass is 247 g/mol. The van der Waals surface area contributed by atoms with Gasteiger partial charge in [0.15, 0.2) is 0 Å². The number of hydrogen-bond acceptors (Lipinski definition) is 3. The largest absolute Gasteiger partial charge is 0.383 e. The van der Waals surface area contributed by atoms with E-state index in [-0.39, 0.29) is 0 Å². The molecule has 1 aromatic carbocycles. The number of nitrogens with zero attached hydrogens (tertiary/aromatic N) is 2. The molecule has 0 aliphatic carbocycles. The maximum absolute atomic E-state index is 3.51. The SMILES string of the molecule is CCN1CCN(C(C)CNc2ccccc2)CC1. The maximum Gasteiger partial charge on any atom is 0.0340 e. The van der Waals surface area contributed by atoms with Crippen LogP contribution in [-0.2, 0) is 0 Å². The molecule has 0 amide bonds. The summed E-state index contributed by atoms with van der Waals surface area (Å²) < 4.78 is 0. The Kier molecular flexibility index (Phi) is 5.02. The molecule has 1 saturated heterocycles. The summed E-state index contributed by atoms with van der Waals surface area (Å²) in [5.41, 5.74) is 1.22. The van der Waals surface area contributed by atoms with E-state index in [0.717, 1.165) is 6.54 Å². The van der Waals surface area contributed by atoms with Crippen LogP contribution in [0.2, 0.25) is 0 Å². The molecule has 1 heterocycles. The molecule has 0 bridgehead atoms. The first-order chi connectivity index (χ1) is 8.79. The lowest BCUT2D eigenvalue weighted by atomic mass is 10.2. The minimum Gasteiger partial charge on any atom is -0.383 e. The molecule has 18 heavy (non-hydrogen) atoms. The van der Waals surface area contributed by atoms with E-state index in [9.17, 15) is 0 Å². The average Bonchev–Trinajstić information content (AvgIpc) is 2.46. The van der Waals surface area contributed by atoms with Crippen LogP contribution in [0.5, 0.6) is 0 Å². The van der Waals surface area contributed by atoms with Gasteiger partial charge in [0.2, 0.25) is 0 Å². The number of hydrogen-bond donors (Lipinski definition) is 1. The fourth-order valence-electron chi connectivity index (χ4n) is 2.47. The summed E-state index contributed by atoms with van der Waals surface area (Å²) in [7, 11) is 0. The summed E-state index contributed by atoms with van der Waals surface area (Å²) in [5, 5.41) is 3.51. The van der Waals surface area contributed by atoms with Gasteiger partial charge in [-0.3, -0.25) is 4.90 Å². The maximum atomic E-state index is 3.51.